The highest BCUT2D eigenvalue weighted by atomic mass is 16.7. The van der Waals surface area contributed by atoms with Gasteiger partial charge < -0.3 is 74.7 Å². The molecule has 8 rings (SSSR count). The maximum absolute atomic E-state index is 12.3. The SMILES string of the molecule is CC(C)(O[C@@H]1O[C@H](CO)[C@@H](O)C(O)[C@H]1O)[C@@H]1CC[C@](C)([C@H]2[C@@H](O)C[C@@]3(C)[C@@H]4C[C@H](O)C5C(C)(C)[C@@H](O[C@@H]6O[C@H](CO)[C@@H](O)C(O)[C@H]6O)CC[C@@]56C[C@@]46CC[C@]23C)O1. The van der Waals surface area contributed by atoms with Crippen LogP contribution >= 0.6 is 0 Å². The summed E-state index contributed by atoms with van der Waals surface area (Å²) in [6, 6.07) is 0. The third-order valence-corrected chi connectivity index (χ3v) is 18.1. The fourth-order valence-corrected chi connectivity index (χ4v) is 15.2. The number of hydrogen-bond acceptors (Lipinski definition) is 15. The molecule has 3 unspecified atom stereocenters. The van der Waals surface area contributed by atoms with Gasteiger partial charge in [-0.25, -0.2) is 0 Å². The molecule has 0 radical (unpaired) electrons. The molecule has 3 aliphatic heterocycles. The summed E-state index contributed by atoms with van der Waals surface area (Å²) in [5, 5.41) is 107. The van der Waals surface area contributed by atoms with Crippen molar-refractivity contribution in [2.45, 2.75) is 203 Å². The molecular formula is C42H70O15. The van der Waals surface area contributed by atoms with Crippen LogP contribution in [0.5, 0.6) is 0 Å². The van der Waals surface area contributed by atoms with Crippen LogP contribution in [0, 0.1) is 44.8 Å². The van der Waals surface area contributed by atoms with Crippen LogP contribution in [0.15, 0.2) is 0 Å². The number of aliphatic hydroxyl groups is 10. The first-order valence-electron chi connectivity index (χ1n) is 21.5. The van der Waals surface area contributed by atoms with Crippen LogP contribution in [0.1, 0.15) is 106 Å². The van der Waals surface area contributed by atoms with Crippen LogP contribution in [0.3, 0.4) is 0 Å². The van der Waals surface area contributed by atoms with Crippen molar-refractivity contribution in [3.05, 3.63) is 0 Å². The summed E-state index contributed by atoms with van der Waals surface area (Å²) in [5.74, 6) is -0.133. The predicted molar refractivity (Wildman–Crippen MR) is 200 cm³/mol. The highest BCUT2D eigenvalue weighted by Gasteiger charge is 2.85. The zero-order chi connectivity index (χ0) is 41.6. The molecule has 8 fully saturated rings. The van der Waals surface area contributed by atoms with Crippen molar-refractivity contribution >= 4 is 0 Å². The fourth-order valence-electron chi connectivity index (χ4n) is 15.2. The van der Waals surface area contributed by atoms with E-state index in [1.807, 2.05) is 13.8 Å². The summed E-state index contributed by atoms with van der Waals surface area (Å²) in [6.45, 7) is 13.6. The van der Waals surface area contributed by atoms with E-state index in [1.54, 1.807) is 0 Å². The molecule has 15 heteroatoms. The maximum Gasteiger partial charge on any atom is 0.187 e. The lowest BCUT2D eigenvalue weighted by molar-refractivity contribution is -0.334. The largest absolute Gasteiger partial charge is 0.394 e. The minimum atomic E-state index is -1.56. The van der Waals surface area contributed by atoms with Crippen LogP contribution < -0.4 is 0 Å². The van der Waals surface area contributed by atoms with Crippen LogP contribution in [0.25, 0.3) is 0 Å². The second kappa shape index (κ2) is 14.0. The molecule has 0 aromatic rings. The average Bonchev–Trinajstić information content (AvgIpc) is 3.50. The number of fused-ring (bicyclic) bond motifs is 2. The minimum absolute atomic E-state index is 0.00759. The highest BCUT2D eigenvalue weighted by molar-refractivity contribution is 5.33. The lowest BCUT2D eigenvalue weighted by Crippen LogP contribution is -2.64. The maximum atomic E-state index is 12.3. The van der Waals surface area contributed by atoms with Crippen LogP contribution in [0.2, 0.25) is 0 Å². The molecule has 3 heterocycles. The fraction of sp³-hybridized carbons (Fsp3) is 1.00. The van der Waals surface area contributed by atoms with Crippen molar-refractivity contribution in [3.63, 3.8) is 0 Å². The summed E-state index contributed by atoms with van der Waals surface area (Å²) >= 11 is 0. The van der Waals surface area contributed by atoms with Crippen LogP contribution in [0.4, 0.5) is 0 Å². The van der Waals surface area contributed by atoms with Gasteiger partial charge in [0.25, 0.3) is 0 Å². The zero-order valence-electron chi connectivity index (χ0n) is 34.6. The molecule has 2 spiro atoms. The van der Waals surface area contributed by atoms with Crippen molar-refractivity contribution in [2.24, 2.45) is 44.8 Å². The summed E-state index contributed by atoms with van der Waals surface area (Å²) < 4.78 is 31.1. The van der Waals surface area contributed by atoms with Gasteiger partial charge in [-0.05, 0) is 117 Å². The molecule has 5 saturated carbocycles. The zero-order valence-corrected chi connectivity index (χ0v) is 34.6. The van der Waals surface area contributed by atoms with Crippen molar-refractivity contribution in [3.8, 4) is 0 Å². The Labute approximate surface area is 335 Å². The van der Waals surface area contributed by atoms with Crippen molar-refractivity contribution in [1.29, 1.82) is 0 Å². The lowest BCUT2D eigenvalue weighted by atomic mass is 9.41. The molecule has 328 valence electrons. The van der Waals surface area contributed by atoms with Gasteiger partial charge in [0.2, 0.25) is 0 Å². The molecular weight excluding hydrogens is 744 g/mol. The molecule has 10 N–H and O–H groups in total. The molecule has 0 aromatic heterocycles. The standard InChI is InChI=1S/C42H70O15/c1-36(2)24(55-34-30(51)28(49)26(47)21(16-43)53-34)9-11-42-18-41(42)13-12-38(5)33(20(46)15-39(38,6)23(41)14-19(45)32(36)42)40(7)10-8-25(56-40)37(3,4)57-35-31(52)29(50)27(48)22(17-44)54-35/h19-35,43-52H,8-18H2,1-7H3/t19-,20-,21+,22+,23-,24-,25-,26+,27+,28?,29?,30+,31+,32?,33-,34-,35-,38+,39-,40+,41-,42+/m0/s1. The molecule has 22 atom stereocenters. The highest BCUT2D eigenvalue weighted by Crippen LogP contribution is 2.89. The molecule has 15 nitrogen and oxygen atoms in total. The van der Waals surface area contributed by atoms with Crippen molar-refractivity contribution in [2.75, 3.05) is 13.2 Å². The third-order valence-electron chi connectivity index (χ3n) is 18.1. The van der Waals surface area contributed by atoms with Crippen molar-refractivity contribution in [1.82, 2.24) is 0 Å². The van der Waals surface area contributed by atoms with Gasteiger partial charge in [0.15, 0.2) is 12.6 Å². The Morgan fingerprint density at radius 1 is 0.632 bits per heavy atom. The number of hydrogen-bond donors (Lipinski definition) is 10. The molecule has 5 aliphatic carbocycles. The molecule has 0 bridgehead atoms. The monoisotopic (exact) mass is 814 g/mol. The third kappa shape index (κ3) is 5.92. The van der Waals surface area contributed by atoms with Gasteiger partial charge in [-0.2, -0.15) is 0 Å². The normalized spacial score (nSPS) is 58.4. The van der Waals surface area contributed by atoms with Crippen LogP contribution in [-0.2, 0) is 23.7 Å². The number of rotatable bonds is 8. The Morgan fingerprint density at radius 2 is 1.23 bits per heavy atom. The van der Waals surface area contributed by atoms with E-state index in [2.05, 4.69) is 34.6 Å². The topological polar surface area (TPSA) is 248 Å². The molecule has 0 aromatic carbocycles. The van der Waals surface area contributed by atoms with E-state index in [-0.39, 0.29) is 39.4 Å². The van der Waals surface area contributed by atoms with Gasteiger partial charge in [0.1, 0.15) is 48.8 Å². The van der Waals surface area contributed by atoms with Crippen molar-refractivity contribution < 1.29 is 74.7 Å². The van der Waals surface area contributed by atoms with Gasteiger partial charge in [-0.1, -0.05) is 27.7 Å². The van der Waals surface area contributed by atoms with E-state index in [4.69, 9.17) is 23.7 Å². The summed E-state index contributed by atoms with van der Waals surface area (Å²) in [6.07, 6.45) is -9.12. The molecule has 0 amide bonds. The second-order valence-corrected chi connectivity index (χ2v) is 21.5. The van der Waals surface area contributed by atoms with E-state index in [9.17, 15) is 51.1 Å². The Balaban J connectivity index is 0.996. The first kappa shape index (κ1) is 43.1. The Morgan fingerprint density at radius 3 is 1.84 bits per heavy atom. The van der Waals surface area contributed by atoms with Gasteiger partial charge in [-0.15, -0.1) is 0 Å². The van der Waals surface area contributed by atoms with Gasteiger partial charge in [0, 0.05) is 5.92 Å². The summed E-state index contributed by atoms with van der Waals surface area (Å²) in [4.78, 5) is 0. The van der Waals surface area contributed by atoms with E-state index in [1.165, 1.54) is 0 Å². The first-order valence-corrected chi connectivity index (χ1v) is 21.5. The average molecular weight is 815 g/mol. The van der Waals surface area contributed by atoms with Gasteiger partial charge in [0.05, 0.1) is 48.8 Å². The summed E-state index contributed by atoms with van der Waals surface area (Å²) in [7, 11) is 0. The smallest absolute Gasteiger partial charge is 0.187 e. The predicted octanol–water partition coefficient (Wildman–Crippen LogP) is 0.0850. The Bertz CT molecular complexity index is 1510. The molecule has 3 saturated heterocycles. The molecule has 8 aliphatic rings. The number of ether oxygens (including phenoxy) is 5. The minimum Gasteiger partial charge on any atom is -0.394 e. The van der Waals surface area contributed by atoms with E-state index in [0.29, 0.717) is 32.1 Å². The quantitative estimate of drug-likeness (QED) is 0.146. The Kier molecular flexibility index (Phi) is 10.5. The Hall–Kier alpha value is -0.600. The second-order valence-electron chi connectivity index (χ2n) is 21.5. The van der Waals surface area contributed by atoms with E-state index >= 15 is 0 Å². The first-order chi connectivity index (χ1) is 26.5. The molecule has 57 heavy (non-hydrogen) atoms. The summed E-state index contributed by atoms with van der Waals surface area (Å²) in [5.41, 5.74) is -2.99. The van der Waals surface area contributed by atoms with Gasteiger partial charge >= 0.3 is 0 Å². The van der Waals surface area contributed by atoms with Gasteiger partial charge in [-0.3, -0.25) is 0 Å². The lowest BCUT2D eigenvalue weighted by Gasteiger charge is -2.64. The van der Waals surface area contributed by atoms with E-state index < -0.39 is 116 Å². The van der Waals surface area contributed by atoms with Crippen LogP contribution in [-0.4, -0.2) is 161 Å². The number of aliphatic hydroxyl groups excluding tert-OH is 10. The van der Waals surface area contributed by atoms with E-state index in [0.717, 1.165) is 25.7 Å².